The fourth-order valence-electron chi connectivity index (χ4n) is 2.09. The Morgan fingerprint density at radius 3 is 3.12 bits per heavy atom. The normalized spacial score (nSPS) is 23.0. The minimum Gasteiger partial charge on any atom is -0.378 e. The van der Waals surface area contributed by atoms with Crippen molar-refractivity contribution in [1.29, 1.82) is 0 Å². The standard InChI is InChI=1S/C12H17FN2O/c13-11-8-15-5-4-10(11)12(14)7-9-3-1-2-6-16-9/h4-5,8-9,12H,1-3,6-7,14H2. The lowest BCUT2D eigenvalue weighted by Crippen LogP contribution is -2.25. The average Bonchev–Trinajstić information content (AvgIpc) is 2.31. The van der Waals surface area contributed by atoms with E-state index in [4.69, 9.17) is 10.5 Å². The molecule has 1 aromatic rings. The van der Waals surface area contributed by atoms with Gasteiger partial charge in [0.25, 0.3) is 0 Å². The molecule has 0 spiro atoms. The van der Waals surface area contributed by atoms with Crippen molar-refractivity contribution in [2.45, 2.75) is 37.8 Å². The molecule has 2 rings (SSSR count). The van der Waals surface area contributed by atoms with Gasteiger partial charge in [0.1, 0.15) is 5.82 Å². The molecule has 4 heteroatoms. The summed E-state index contributed by atoms with van der Waals surface area (Å²) in [6.07, 6.45) is 6.96. The molecule has 2 atom stereocenters. The highest BCUT2D eigenvalue weighted by Gasteiger charge is 2.19. The Balaban J connectivity index is 1.96. The van der Waals surface area contributed by atoms with Crippen LogP contribution in [0.25, 0.3) is 0 Å². The summed E-state index contributed by atoms with van der Waals surface area (Å²) >= 11 is 0. The zero-order valence-electron chi connectivity index (χ0n) is 9.23. The van der Waals surface area contributed by atoms with Gasteiger partial charge in [-0.05, 0) is 31.7 Å². The highest BCUT2D eigenvalue weighted by atomic mass is 19.1. The van der Waals surface area contributed by atoms with Crippen LogP contribution in [0.3, 0.4) is 0 Å². The van der Waals surface area contributed by atoms with Gasteiger partial charge in [0.15, 0.2) is 0 Å². The van der Waals surface area contributed by atoms with Crippen molar-refractivity contribution in [2.24, 2.45) is 5.73 Å². The minimum absolute atomic E-state index is 0.177. The van der Waals surface area contributed by atoms with Gasteiger partial charge in [-0.1, -0.05) is 0 Å². The van der Waals surface area contributed by atoms with Crippen molar-refractivity contribution in [3.8, 4) is 0 Å². The maximum Gasteiger partial charge on any atom is 0.146 e. The molecule has 0 radical (unpaired) electrons. The Kier molecular flexibility index (Phi) is 3.85. The zero-order valence-corrected chi connectivity index (χ0v) is 9.23. The lowest BCUT2D eigenvalue weighted by atomic mass is 9.98. The van der Waals surface area contributed by atoms with E-state index in [0.717, 1.165) is 19.4 Å². The lowest BCUT2D eigenvalue weighted by molar-refractivity contribution is 0.00713. The van der Waals surface area contributed by atoms with E-state index in [1.54, 1.807) is 12.3 Å². The maximum absolute atomic E-state index is 13.4. The summed E-state index contributed by atoms with van der Waals surface area (Å²) < 4.78 is 19.0. The second kappa shape index (κ2) is 5.37. The number of nitrogens with zero attached hydrogens (tertiary/aromatic N) is 1. The van der Waals surface area contributed by atoms with Crippen LogP contribution in [0.5, 0.6) is 0 Å². The molecule has 2 unspecified atom stereocenters. The van der Waals surface area contributed by atoms with Gasteiger partial charge in [0, 0.05) is 24.4 Å². The molecular weight excluding hydrogens is 207 g/mol. The molecule has 0 aliphatic carbocycles. The van der Waals surface area contributed by atoms with Gasteiger partial charge in [-0.25, -0.2) is 4.39 Å². The van der Waals surface area contributed by atoms with E-state index in [2.05, 4.69) is 4.98 Å². The van der Waals surface area contributed by atoms with E-state index in [0.29, 0.717) is 12.0 Å². The third kappa shape index (κ3) is 2.77. The van der Waals surface area contributed by atoms with Crippen molar-refractivity contribution in [1.82, 2.24) is 4.98 Å². The maximum atomic E-state index is 13.4. The van der Waals surface area contributed by atoms with Crippen LogP contribution in [-0.4, -0.2) is 17.7 Å². The molecule has 3 nitrogen and oxygen atoms in total. The Hall–Kier alpha value is -1.00. The molecule has 1 aromatic heterocycles. The molecule has 16 heavy (non-hydrogen) atoms. The monoisotopic (exact) mass is 224 g/mol. The van der Waals surface area contributed by atoms with E-state index >= 15 is 0 Å². The van der Waals surface area contributed by atoms with Crippen molar-refractivity contribution in [3.05, 3.63) is 29.8 Å². The van der Waals surface area contributed by atoms with Gasteiger partial charge >= 0.3 is 0 Å². The van der Waals surface area contributed by atoms with Crippen LogP contribution in [-0.2, 0) is 4.74 Å². The predicted octanol–water partition coefficient (Wildman–Crippen LogP) is 2.18. The second-order valence-electron chi connectivity index (χ2n) is 4.23. The number of hydrogen-bond acceptors (Lipinski definition) is 3. The number of hydrogen-bond donors (Lipinski definition) is 1. The fourth-order valence-corrected chi connectivity index (χ4v) is 2.09. The van der Waals surface area contributed by atoms with Crippen LogP contribution >= 0.6 is 0 Å². The first-order valence-corrected chi connectivity index (χ1v) is 5.74. The number of rotatable bonds is 3. The van der Waals surface area contributed by atoms with E-state index in [1.807, 2.05) is 0 Å². The zero-order chi connectivity index (χ0) is 11.4. The first-order chi connectivity index (χ1) is 7.77. The molecule has 0 aromatic carbocycles. The predicted molar refractivity (Wildman–Crippen MR) is 59.3 cm³/mol. The van der Waals surface area contributed by atoms with Crippen molar-refractivity contribution >= 4 is 0 Å². The summed E-state index contributed by atoms with van der Waals surface area (Å²) in [7, 11) is 0. The molecular formula is C12H17FN2O. The lowest BCUT2D eigenvalue weighted by Gasteiger charge is -2.25. The molecule has 2 N–H and O–H groups in total. The van der Waals surface area contributed by atoms with E-state index in [9.17, 15) is 4.39 Å². The second-order valence-corrected chi connectivity index (χ2v) is 4.23. The van der Waals surface area contributed by atoms with E-state index in [-0.39, 0.29) is 18.0 Å². The fraction of sp³-hybridized carbons (Fsp3) is 0.583. The molecule has 88 valence electrons. The molecule has 1 aliphatic rings. The van der Waals surface area contributed by atoms with Crippen LogP contribution in [0.1, 0.15) is 37.3 Å². The minimum atomic E-state index is -0.328. The molecule has 1 aliphatic heterocycles. The number of ether oxygens (including phenoxy) is 1. The molecule has 1 fully saturated rings. The Morgan fingerprint density at radius 2 is 2.44 bits per heavy atom. The summed E-state index contributed by atoms with van der Waals surface area (Å²) in [6, 6.07) is 1.34. The van der Waals surface area contributed by atoms with Gasteiger partial charge in [-0.15, -0.1) is 0 Å². The summed E-state index contributed by atoms with van der Waals surface area (Å²) in [5, 5.41) is 0. The van der Waals surface area contributed by atoms with Gasteiger partial charge in [0.05, 0.1) is 12.3 Å². The molecule has 0 bridgehead atoms. The van der Waals surface area contributed by atoms with Crippen LogP contribution in [0.15, 0.2) is 18.5 Å². The average molecular weight is 224 g/mol. The largest absolute Gasteiger partial charge is 0.378 e. The number of nitrogens with two attached hydrogens (primary N) is 1. The number of halogens is 1. The van der Waals surface area contributed by atoms with Crippen LogP contribution < -0.4 is 5.73 Å². The van der Waals surface area contributed by atoms with E-state index in [1.165, 1.54) is 12.6 Å². The van der Waals surface area contributed by atoms with Gasteiger partial charge in [0.2, 0.25) is 0 Å². The molecule has 0 saturated carbocycles. The molecule has 1 saturated heterocycles. The molecule has 2 heterocycles. The number of pyridine rings is 1. The Morgan fingerprint density at radius 1 is 1.56 bits per heavy atom. The highest BCUT2D eigenvalue weighted by Crippen LogP contribution is 2.24. The first-order valence-electron chi connectivity index (χ1n) is 5.74. The van der Waals surface area contributed by atoms with Crippen LogP contribution in [0, 0.1) is 5.82 Å². The summed E-state index contributed by atoms with van der Waals surface area (Å²) in [4.78, 5) is 3.71. The third-order valence-corrected chi connectivity index (χ3v) is 2.99. The Bertz CT molecular complexity index is 340. The quantitative estimate of drug-likeness (QED) is 0.856. The summed E-state index contributed by atoms with van der Waals surface area (Å²) in [5.41, 5.74) is 6.51. The SMILES string of the molecule is NC(CC1CCCCO1)c1ccncc1F. The van der Waals surface area contributed by atoms with Gasteiger partial charge in [-0.3, -0.25) is 4.98 Å². The Labute approximate surface area is 94.8 Å². The first kappa shape index (κ1) is 11.5. The third-order valence-electron chi connectivity index (χ3n) is 2.99. The topological polar surface area (TPSA) is 48.1 Å². The summed E-state index contributed by atoms with van der Waals surface area (Å²) in [6.45, 7) is 0.802. The summed E-state index contributed by atoms with van der Waals surface area (Å²) in [5.74, 6) is -0.328. The van der Waals surface area contributed by atoms with Gasteiger partial charge in [-0.2, -0.15) is 0 Å². The highest BCUT2D eigenvalue weighted by molar-refractivity contribution is 5.17. The van der Waals surface area contributed by atoms with Crippen LogP contribution in [0.2, 0.25) is 0 Å². The van der Waals surface area contributed by atoms with Crippen molar-refractivity contribution < 1.29 is 9.13 Å². The molecule has 0 amide bonds. The number of aromatic nitrogens is 1. The smallest absolute Gasteiger partial charge is 0.146 e. The van der Waals surface area contributed by atoms with Gasteiger partial charge < -0.3 is 10.5 Å². The van der Waals surface area contributed by atoms with Crippen LogP contribution in [0.4, 0.5) is 4.39 Å². The van der Waals surface area contributed by atoms with Crippen molar-refractivity contribution in [3.63, 3.8) is 0 Å². The van der Waals surface area contributed by atoms with E-state index < -0.39 is 0 Å². The van der Waals surface area contributed by atoms with Crippen molar-refractivity contribution in [2.75, 3.05) is 6.61 Å².